The molecule has 1 heterocycles. The Morgan fingerprint density at radius 1 is 1.11 bits per heavy atom. The summed E-state index contributed by atoms with van der Waals surface area (Å²) in [6.45, 7) is 4.22. The number of rotatable bonds is 6. The third-order valence-corrected chi connectivity index (χ3v) is 5.04. The lowest BCUT2D eigenvalue weighted by Crippen LogP contribution is -2.14. The molecule has 2 amide bonds. The second-order valence-corrected chi connectivity index (χ2v) is 6.99. The molecule has 0 aliphatic carbocycles. The normalized spacial score (nSPS) is 10.9. The number of benzene rings is 2. The molecule has 5 heteroatoms. The van der Waals surface area contributed by atoms with E-state index in [1.807, 2.05) is 0 Å². The van der Waals surface area contributed by atoms with Gasteiger partial charge in [-0.2, -0.15) is 0 Å². The molecule has 27 heavy (non-hydrogen) atoms. The maximum absolute atomic E-state index is 12.3. The van der Waals surface area contributed by atoms with Crippen molar-refractivity contribution in [1.82, 2.24) is 4.57 Å². The van der Waals surface area contributed by atoms with Crippen LogP contribution in [-0.4, -0.2) is 16.4 Å². The fourth-order valence-electron chi connectivity index (χ4n) is 3.48. The SMILES string of the molecule is Cc1ccc2c(c1)c(CCCC(=O)Nc1cccc(C(N)=O)c1)c(C)n2C. The van der Waals surface area contributed by atoms with Crippen molar-refractivity contribution in [2.45, 2.75) is 33.1 Å². The number of nitrogens with two attached hydrogens (primary N) is 1. The summed E-state index contributed by atoms with van der Waals surface area (Å²) < 4.78 is 2.21. The van der Waals surface area contributed by atoms with E-state index in [9.17, 15) is 9.59 Å². The van der Waals surface area contributed by atoms with Gasteiger partial charge >= 0.3 is 0 Å². The van der Waals surface area contributed by atoms with Crippen LogP contribution in [-0.2, 0) is 18.3 Å². The molecular weight excluding hydrogens is 338 g/mol. The van der Waals surface area contributed by atoms with E-state index in [-0.39, 0.29) is 5.91 Å². The Labute approximate surface area is 159 Å². The molecule has 0 aliphatic heterocycles. The van der Waals surface area contributed by atoms with Crippen LogP contribution in [0.1, 0.15) is 40.0 Å². The molecule has 140 valence electrons. The van der Waals surface area contributed by atoms with E-state index in [4.69, 9.17) is 5.73 Å². The Bertz CT molecular complexity index is 1020. The van der Waals surface area contributed by atoms with Crippen molar-refractivity contribution in [3.05, 3.63) is 64.8 Å². The number of nitrogens with zero attached hydrogens (tertiary/aromatic N) is 1. The van der Waals surface area contributed by atoms with E-state index in [1.165, 1.54) is 27.7 Å². The molecule has 2 aromatic carbocycles. The first-order valence-corrected chi connectivity index (χ1v) is 9.11. The Kier molecular flexibility index (Phi) is 5.31. The summed E-state index contributed by atoms with van der Waals surface area (Å²) in [5.74, 6) is -0.571. The molecule has 0 bridgehead atoms. The molecular formula is C22H25N3O2. The van der Waals surface area contributed by atoms with E-state index in [0.29, 0.717) is 17.7 Å². The predicted molar refractivity (Wildman–Crippen MR) is 109 cm³/mol. The molecule has 0 unspecified atom stereocenters. The number of primary amides is 1. The largest absolute Gasteiger partial charge is 0.366 e. The topological polar surface area (TPSA) is 77.1 Å². The number of carbonyl (C=O) groups excluding carboxylic acids is 2. The summed E-state index contributed by atoms with van der Waals surface area (Å²) in [5, 5.41) is 4.11. The number of fused-ring (bicyclic) bond motifs is 1. The van der Waals surface area contributed by atoms with Gasteiger partial charge in [-0.05, 0) is 62.6 Å². The highest BCUT2D eigenvalue weighted by Crippen LogP contribution is 2.27. The minimum Gasteiger partial charge on any atom is -0.366 e. The van der Waals surface area contributed by atoms with Crippen LogP contribution in [0.5, 0.6) is 0 Å². The van der Waals surface area contributed by atoms with Crippen molar-refractivity contribution in [2.24, 2.45) is 12.8 Å². The van der Waals surface area contributed by atoms with Gasteiger partial charge in [-0.3, -0.25) is 9.59 Å². The summed E-state index contributed by atoms with van der Waals surface area (Å²) in [6.07, 6.45) is 2.03. The van der Waals surface area contributed by atoms with Gasteiger partial charge in [0.2, 0.25) is 11.8 Å². The van der Waals surface area contributed by atoms with Crippen LogP contribution >= 0.6 is 0 Å². The number of aromatic nitrogens is 1. The number of amides is 2. The molecule has 0 atom stereocenters. The van der Waals surface area contributed by atoms with E-state index in [1.54, 1.807) is 24.3 Å². The monoisotopic (exact) mass is 363 g/mol. The van der Waals surface area contributed by atoms with E-state index < -0.39 is 5.91 Å². The lowest BCUT2D eigenvalue weighted by Gasteiger charge is -2.07. The second-order valence-electron chi connectivity index (χ2n) is 6.99. The number of carbonyl (C=O) groups is 2. The van der Waals surface area contributed by atoms with Gasteiger partial charge in [-0.1, -0.05) is 17.7 Å². The molecule has 0 saturated heterocycles. The Balaban J connectivity index is 1.65. The molecule has 3 N–H and O–H groups in total. The number of anilines is 1. The Morgan fingerprint density at radius 2 is 1.89 bits per heavy atom. The van der Waals surface area contributed by atoms with Crippen LogP contribution < -0.4 is 11.1 Å². The molecule has 3 rings (SSSR count). The van der Waals surface area contributed by atoms with Gasteiger partial charge in [0.15, 0.2) is 0 Å². The minimum atomic E-state index is -0.507. The summed E-state index contributed by atoms with van der Waals surface area (Å²) in [4.78, 5) is 23.5. The van der Waals surface area contributed by atoms with Gasteiger partial charge in [-0.25, -0.2) is 0 Å². The average Bonchev–Trinajstić information content (AvgIpc) is 2.86. The van der Waals surface area contributed by atoms with Crippen molar-refractivity contribution in [3.63, 3.8) is 0 Å². The summed E-state index contributed by atoms with van der Waals surface area (Å²) >= 11 is 0. The van der Waals surface area contributed by atoms with Crippen LogP contribution in [0.15, 0.2) is 42.5 Å². The Hall–Kier alpha value is -3.08. The quantitative estimate of drug-likeness (QED) is 0.698. The van der Waals surface area contributed by atoms with Crippen molar-refractivity contribution >= 4 is 28.4 Å². The number of nitrogens with one attached hydrogen (secondary N) is 1. The molecule has 0 fully saturated rings. The lowest BCUT2D eigenvalue weighted by atomic mass is 10.0. The molecule has 0 spiro atoms. The van der Waals surface area contributed by atoms with Crippen molar-refractivity contribution in [1.29, 1.82) is 0 Å². The van der Waals surface area contributed by atoms with E-state index >= 15 is 0 Å². The maximum Gasteiger partial charge on any atom is 0.248 e. The smallest absolute Gasteiger partial charge is 0.248 e. The molecule has 1 aromatic heterocycles. The van der Waals surface area contributed by atoms with Crippen LogP contribution in [0.3, 0.4) is 0 Å². The molecule has 5 nitrogen and oxygen atoms in total. The number of aryl methyl sites for hydroxylation is 3. The third-order valence-electron chi connectivity index (χ3n) is 5.04. The van der Waals surface area contributed by atoms with Gasteiger partial charge in [0.1, 0.15) is 0 Å². The molecule has 0 radical (unpaired) electrons. The summed E-state index contributed by atoms with van der Waals surface area (Å²) in [7, 11) is 2.08. The summed E-state index contributed by atoms with van der Waals surface area (Å²) in [6, 6.07) is 13.2. The Morgan fingerprint density at radius 3 is 2.63 bits per heavy atom. The van der Waals surface area contributed by atoms with Gasteiger partial charge < -0.3 is 15.6 Å². The fraction of sp³-hybridized carbons (Fsp3) is 0.273. The zero-order chi connectivity index (χ0) is 19.6. The van der Waals surface area contributed by atoms with Crippen LogP contribution in [0.2, 0.25) is 0 Å². The third kappa shape index (κ3) is 4.03. The van der Waals surface area contributed by atoms with Crippen molar-refractivity contribution in [3.8, 4) is 0 Å². The number of hydrogen-bond donors (Lipinski definition) is 2. The maximum atomic E-state index is 12.3. The van der Waals surface area contributed by atoms with Gasteiger partial charge in [0.05, 0.1) is 0 Å². The van der Waals surface area contributed by atoms with Crippen molar-refractivity contribution in [2.75, 3.05) is 5.32 Å². The first-order valence-electron chi connectivity index (χ1n) is 9.11. The average molecular weight is 363 g/mol. The number of hydrogen-bond acceptors (Lipinski definition) is 2. The zero-order valence-electron chi connectivity index (χ0n) is 16.0. The summed E-state index contributed by atoms with van der Waals surface area (Å²) in [5.41, 5.74) is 11.3. The van der Waals surface area contributed by atoms with Gasteiger partial charge in [0.25, 0.3) is 0 Å². The second kappa shape index (κ2) is 7.66. The van der Waals surface area contributed by atoms with E-state index in [2.05, 4.69) is 49.0 Å². The minimum absolute atomic E-state index is 0.0642. The zero-order valence-corrected chi connectivity index (χ0v) is 16.0. The fourth-order valence-corrected chi connectivity index (χ4v) is 3.48. The van der Waals surface area contributed by atoms with Crippen LogP contribution in [0.4, 0.5) is 5.69 Å². The van der Waals surface area contributed by atoms with Crippen molar-refractivity contribution < 1.29 is 9.59 Å². The van der Waals surface area contributed by atoms with Crippen LogP contribution in [0.25, 0.3) is 10.9 Å². The van der Waals surface area contributed by atoms with Gasteiger partial charge in [0, 0.05) is 41.3 Å². The van der Waals surface area contributed by atoms with E-state index in [0.717, 1.165) is 12.8 Å². The molecule has 0 saturated carbocycles. The first kappa shape index (κ1) is 18.7. The molecule has 3 aromatic rings. The highest BCUT2D eigenvalue weighted by atomic mass is 16.2. The highest BCUT2D eigenvalue weighted by molar-refractivity contribution is 5.96. The molecule has 0 aliphatic rings. The lowest BCUT2D eigenvalue weighted by molar-refractivity contribution is -0.116. The predicted octanol–water partition coefficient (Wildman–Crippen LogP) is 3.86. The first-order chi connectivity index (χ1) is 12.9. The standard InChI is InChI=1S/C22H25N3O2/c1-14-10-11-20-19(12-14)18(15(2)25(20)3)8-5-9-21(26)24-17-7-4-6-16(13-17)22(23)27/h4,6-7,10-13H,5,8-9H2,1-3H3,(H2,23,27)(H,24,26). The highest BCUT2D eigenvalue weighted by Gasteiger charge is 2.13. The van der Waals surface area contributed by atoms with Gasteiger partial charge in [-0.15, -0.1) is 0 Å². The van der Waals surface area contributed by atoms with Crippen LogP contribution in [0, 0.1) is 13.8 Å².